The van der Waals surface area contributed by atoms with Crippen LogP contribution in [0.5, 0.6) is 0 Å². The second-order valence-corrected chi connectivity index (χ2v) is 15.2. The summed E-state index contributed by atoms with van der Waals surface area (Å²) in [6, 6.07) is 67.5. The van der Waals surface area contributed by atoms with Gasteiger partial charge < -0.3 is 5.73 Å². The summed E-state index contributed by atoms with van der Waals surface area (Å²) in [6.45, 7) is 4.72. The van der Waals surface area contributed by atoms with Crippen molar-refractivity contribution in [1.29, 1.82) is 0 Å². The Labute approximate surface area is 324 Å². The molecule has 0 saturated carbocycles. The normalized spacial score (nSPS) is 14.1. The molecule has 55 heavy (non-hydrogen) atoms. The fraction of sp³-hybridized carbons (Fsp3) is 0.0943. The average Bonchev–Trinajstić information content (AvgIpc) is 3.47. The number of benzene rings is 8. The molecule has 0 aromatic heterocycles. The smallest absolute Gasteiger partial charge is 0.0817 e. The van der Waals surface area contributed by atoms with E-state index in [1.54, 1.807) is 0 Å². The molecule has 9 rings (SSSR count). The standard InChI is InChI=1S/C53H44N2/c1-53(2)48-22-12-21-46(51(48)47-34-43-18-9-10-19-44(43)35-49(47)53)45-20-11-13-36(33-45)23-32-50(55-52(54)42-16-7-4-8-17-42)41-30-28-40(29-31-41)39-26-24-38(25-27-39)37-14-5-3-6-15-37/h3-35,50,52,55H,54H2,1-2H3/b32-23+. The van der Waals surface area contributed by atoms with Crippen LogP contribution < -0.4 is 11.1 Å². The van der Waals surface area contributed by atoms with Crippen LogP contribution in [0.2, 0.25) is 0 Å². The van der Waals surface area contributed by atoms with Gasteiger partial charge in [0.2, 0.25) is 0 Å². The summed E-state index contributed by atoms with van der Waals surface area (Å²) < 4.78 is 0. The maximum absolute atomic E-state index is 6.79. The number of rotatable bonds is 9. The second kappa shape index (κ2) is 14.5. The molecule has 0 radical (unpaired) electrons. The molecule has 8 aromatic carbocycles. The van der Waals surface area contributed by atoms with Crippen molar-refractivity contribution in [3.63, 3.8) is 0 Å². The van der Waals surface area contributed by atoms with Gasteiger partial charge in [-0.2, -0.15) is 0 Å². The Hall–Kier alpha value is -6.32. The quantitative estimate of drug-likeness (QED) is 0.147. The first-order chi connectivity index (χ1) is 26.9. The Balaban J connectivity index is 1.03. The molecule has 0 fully saturated rings. The molecule has 0 spiro atoms. The molecule has 2 atom stereocenters. The topological polar surface area (TPSA) is 38.0 Å². The van der Waals surface area contributed by atoms with E-state index < -0.39 is 0 Å². The van der Waals surface area contributed by atoms with E-state index in [1.807, 2.05) is 18.2 Å². The summed E-state index contributed by atoms with van der Waals surface area (Å²) in [4.78, 5) is 0. The Morgan fingerprint density at radius 1 is 0.473 bits per heavy atom. The van der Waals surface area contributed by atoms with Crippen LogP contribution in [0.4, 0.5) is 0 Å². The van der Waals surface area contributed by atoms with Crippen molar-refractivity contribution < 1.29 is 0 Å². The average molecular weight is 709 g/mol. The molecule has 0 amide bonds. The monoisotopic (exact) mass is 708 g/mol. The van der Waals surface area contributed by atoms with Crippen molar-refractivity contribution in [3.05, 3.63) is 222 Å². The minimum atomic E-state index is -0.334. The van der Waals surface area contributed by atoms with Crippen molar-refractivity contribution in [2.24, 2.45) is 5.73 Å². The van der Waals surface area contributed by atoms with Crippen LogP contribution in [-0.4, -0.2) is 0 Å². The molecule has 1 aliphatic rings. The summed E-state index contributed by atoms with van der Waals surface area (Å²) in [5.41, 5.74) is 22.8. The van der Waals surface area contributed by atoms with Crippen LogP contribution in [0, 0.1) is 0 Å². The fourth-order valence-electron chi connectivity index (χ4n) is 8.31. The first-order valence-corrected chi connectivity index (χ1v) is 19.2. The van der Waals surface area contributed by atoms with Gasteiger partial charge in [-0.1, -0.05) is 196 Å². The zero-order chi connectivity index (χ0) is 37.4. The third-order valence-electron chi connectivity index (χ3n) is 11.4. The molecule has 2 heteroatoms. The molecular weight excluding hydrogens is 665 g/mol. The molecule has 3 N–H and O–H groups in total. The molecule has 2 unspecified atom stereocenters. The van der Waals surface area contributed by atoms with Crippen molar-refractivity contribution in [3.8, 4) is 44.5 Å². The van der Waals surface area contributed by atoms with E-state index in [4.69, 9.17) is 5.73 Å². The van der Waals surface area contributed by atoms with Crippen molar-refractivity contribution in [2.45, 2.75) is 31.5 Å². The molecule has 266 valence electrons. The van der Waals surface area contributed by atoms with Gasteiger partial charge in [0.15, 0.2) is 0 Å². The number of nitrogens with one attached hydrogen (secondary N) is 1. The molecule has 1 aliphatic carbocycles. The zero-order valence-electron chi connectivity index (χ0n) is 31.3. The van der Waals surface area contributed by atoms with Gasteiger partial charge in [0.05, 0.1) is 12.2 Å². The van der Waals surface area contributed by atoms with E-state index in [-0.39, 0.29) is 17.6 Å². The van der Waals surface area contributed by atoms with Crippen LogP contribution in [-0.2, 0) is 5.41 Å². The van der Waals surface area contributed by atoms with Crippen LogP contribution in [0.15, 0.2) is 194 Å². The van der Waals surface area contributed by atoms with E-state index in [0.717, 1.165) is 16.7 Å². The van der Waals surface area contributed by atoms with Crippen molar-refractivity contribution >= 4 is 16.8 Å². The van der Waals surface area contributed by atoms with E-state index in [0.29, 0.717) is 0 Å². The minimum absolute atomic E-state index is 0.0835. The highest BCUT2D eigenvalue weighted by atomic mass is 15.0. The largest absolute Gasteiger partial charge is 0.312 e. The highest BCUT2D eigenvalue weighted by molar-refractivity contribution is 5.98. The SMILES string of the molecule is CC1(C)c2cc3ccccc3cc2-c2c(-c3cccc(/C=C/C(NC(N)c4ccccc4)c4ccc(-c5ccc(-c6ccccc6)cc5)cc4)c3)cccc21. The van der Waals surface area contributed by atoms with Crippen LogP contribution in [0.1, 0.15) is 53.9 Å². The molecule has 2 nitrogen and oxygen atoms in total. The second-order valence-electron chi connectivity index (χ2n) is 15.2. The van der Waals surface area contributed by atoms with E-state index in [1.165, 1.54) is 66.4 Å². The summed E-state index contributed by atoms with van der Waals surface area (Å²) in [7, 11) is 0. The van der Waals surface area contributed by atoms with Crippen LogP contribution >= 0.6 is 0 Å². The summed E-state index contributed by atoms with van der Waals surface area (Å²) in [6.07, 6.45) is 4.13. The highest BCUT2D eigenvalue weighted by Crippen LogP contribution is 2.53. The predicted molar refractivity (Wildman–Crippen MR) is 233 cm³/mol. The Morgan fingerprint density at radius 2 is 1.04 bits per heavy atom. The maximum Gasteiger partial charge on any atom is 0.0817 e. The van der Waals surface area contributed by atoms with Gasteiger partial charge >= 0.3 is 0 Å². The Kier molecular flexibility index (Phi) is 9.07. The van der Waals surface area contributed by atoms with Gasteiger partial charge in [-0.05, 0) is 101 Å². The van der Waals surface area contributed by atoms with E-state index >= 15 is 0 Å². The predicted octanol–water partition coefficient (Wildman–Crippen LogP) is 13.1. The van der Waals surface area contributed by atoms with Gasteiger partial charge in [0.25, 0.3) is 0 Å². The molecule has 0 saturated heterocycles. The lowest BCUT2D eigenvalue weighted by atomic mass is 9.81. The van der Waals surface area contributed by atoms with E-state index in [2.05, 4.69) is 201 Å². The highest BCUT2D eigenvalue weighted by Gasteiger charge is 2.37. The molecule has 0 heterocycles. The molecule has 0 aliphatic heterocycles. The molecular formula is C53H44N2. The van der Waals surface area contributed by atoms with Crippen molar-refractivity contribution in [2.75, 3.05) is 0 Å². The van der Waals surface area contributed by atoms with E-state index in [9.17, 15) is 0 Å². The lowest BCUT2D eigenvalue weighted by Crippen LogP contribution is -2.31. The molecule has 8 aromatic rings. The van der Waals surface area contributed by atoms with Crippen LogP contribution in [0.3, 0.4) is 0 Å². The number of fused-ring (bicyclic) bond motifs is 4. The van der Waals surface area contributed by atoms with Gasteiger partial charge in [-0.25, -0.2) is 0 Å². The van der Waals surface area contributed by atoms with Gasteiger partial charge in [0.1, 0.15) is 0 Å². The Morgan fingerprint density at radius 3 is 1.73 bits per heavy atom. The number of hydrogen-bond acceptors (Lipinski definition) is 2. The van der Waals surface area contributed by atoms with Gasteiger partial charge in [-0.15, -0.1) is 0 Å². The molecule has 0 bridgehead atoms. The van der Waals surface area contributed by atoms with Gasteiger partial charge in [0, 0.05) is 5.41 Å². The first kappa shape index (κ1) is 34.4. The first-order valence-electron chi connectivity index (χ1n) is 19.2. The lowest BCUT2D eigenvalue weighted by molar-refractivity contribution is 0.509. The number of nitrogens with two attached hydrogens (primary N) is 1. The minimum Gasteiger partial charge on any atom is -0.312 e. The summed E-state index contributed by atoms with van der Waals surface area (Å²) >= 11 is 0. The van der Waals surface area contributed by atoms with Gasteiger partial charge in [-0.3, -0.25) is 5.32 Å². The fourth-order valence-corrected chi connectivity index (χ4v) is 8.31. The zero-order valence-corrected chi connectivity index (χ0v) is 31.3. The third-order valence-corrected chi connectivity index (χ3v) is 11.4. The Bertz CT molecular complexity index is 2640. The van der Waals surface area contributed by atoms with Crippen LogP contribution in [0.25, 0.3) is 61.4 Å². The summed E-state index contributed by atoms with van der Waals surface area (Å²) in [5.74, 6) is 0. The maximum atomic E-state index is 6.79. The lowest BCUT2D eigenvalue weighted by Gasteiger charge is -2.22. The summed E-state index contributed by atoms with van der Waals surface area (Å²) in [5, 5.41) is 6.28. The number of hydrogen-bond donors (Lipinski definition) is 2. The third kappa shape index (κ3) is 6.72. The van der Waals surface area contributed by atoms with Crippen molar-refractivity contribution in [1.82, 2.24) is 5.32 Å².